The predicted molar refractivity (Wildman–Crippen MR) is 56.6 cm³/mol. The van der Waals surface area contributed by atoms with Crippen molar-refractivity contribution in [3.05, 3.63) is 29.1 Å². The third-order valence-electron chi connectivity index (χ3n) is 2.32. The van der Waals surface area contributed by atoms with Crippen molar-refractivity contribution in [1.29, 1.82) is 0 Å². The van der Waals surface area contributed by atoms with Gasteiger partial charge in [0.1, 0.15) is 11.6 Å². The predicted octanol–water partition coefficient (Wildman–Crippen LogP) is 1.40. The minimum absolute atomic E-state index is 0.362. The van der Waals surface area contributed by atoms with E-state index in [0.717, 1.165) is 0 Å². The molecule has 0 saturated carbocycles. The zero-order valence-electron chi connectivity index (χ0n) is 9.17. The van der Waals surface area contributed by atoms with E-state index in [9.17, 15) is 9.50 Å². The van der Waals surface area contributed by atoms with E-state index in [2.05, 4.69) is 5.32 Å². The molecule has 1 atom stereocenters. The number of methoxy groups -OCH3 is 1. The molecule has 84 valence electrons. The molecule has 1 unspecified atom stereocenters. The maximum Gasteiger partial charge on any atom is 0.130 e. The second kappa shape index (κ2) is 5.09. The van der Waals surface area contributed by atoms with Gasteiger partial charge in [-0.1, -0.05) is 0 Å². The van der Waals surface area contributed by atoms with E-state index in [-0.39, 0.29) is 5.82 Å². The minimum Gasteiger partial charge on any atom is -0.496 e. The van der Waals surface area contributed by atoms with Crippen LogP contribution >= 0.6 is 0 Å². The lowest BCUT2D eigenvalue weighted by molar-refractivity contribution is 0.177. The average molecular weight is 213 g/mol. The quantitative estimate of drug-likeness (QED) is 0.794. The number of likely N-dealkylation sites (N-methyl/N-ethyl adjacent to an activating group) is 1. The topological polar surface area (TPSA) is 41.5 Å². The van der Waals surface area contributed by atoms with Gasteiger partial charge in [-0.25, -0.2) is 4.39 Å². The second-order valence-electron chi connectivity index (χ2n) is 3.40. The van der Waals surface area contributed by atoms with Crippen molar-refractivity contribution in [3.8, 4) is 5.75 Å². The maximum absolute atomic E-state index is 13.4. The van der Waals surface area contributed by atoms with Crippen LogP contribution in [0.2, 0.25) is 0 Å². The van der Waals surface area contributed by atoms with Gasteiger partial charge in [-0.2, -0.15) is 0 Å². The molecule has 0 spiro atoms. The highest BCUT2D eigenvalue weighted by atomic mass is 19.1. The largest absolute Gasteiger partial charge is 0.496 e. The normalized spacial score (nSPS) is 12.6. The number of halogens is 1. The summed E-state index contributed by atoms with van der Waals surface area (Å²) >= 11 is 0. The van der Waals surface area contributed by atoms with Crippen molar-refractivity contribution in [2.24, 2.45) is 0 Å². The Morgan fingerprint density at radius 2 is 2.20 bits per heavy atom. The summed E-state index contributed by atoms with van der Waals surface area (Å²) in [6.07, 6.45) is -0.723. The van der Waals surface area contributed by atoms with Crippen LogP contribution in [-0.4, -0.2) is 25.8 Å². The highest BCUT2D eigenvalue weighted by Crippen LogP contribution is 2.25. The molecule has 1 aromatic carbocycles. The zero-order valence-corrected chi connectivity index (χ0v) is 9.17. The molecular weight excluding hydrogens is 197 g/mol. The van der Waals surface area contributed by atoms with Gasteiger partial charge in [0.05, 0.1) is 13.2 Å². The van der Waals surface area contributed by atoms with Crippen LogP contribution in [0, 0.1) is 12.7 Å². The van der Waals surface area contributed by atoms with Crippen LogP contribution in [0.1, 0.15) is 17.2 Å². The summed E-state index contributed by atoms with van der Waals surface area (Å²) in [6.45, 7) is 2.02. The first-order valence-corrected chi connectivity index (χ1v) is 4.76. The molecule has 0 bridgehead atoms. The van der Waals surface area contributed by atoms with Gasteiger partial charge in [-0.15, -0.1) is 0 Å². The van der Waals surface area contributed by atoms with Gasteiger partial charge in [0.2, 0.25) is 0 Å². The highest BCUT2D eigenvalue weighted by molar-refractivity contribution is 5.38. The first-order valence-electron chi connectivity index (χ1n) is 4.76. The number of hydrogen-bond acceptors (Lipinski definition) is 3. The number of hydrogen-bond donors (Lipinski definition) is 2. The fraction of sp³-hybridized carbons (Fsp3) is 0.455. The fourth-order valence-electron chi connectivity index (χ4n) is 1.39. The first kappa shape index (κ1) is 11.9. The Morgan fingerprint density at radius 1 is 1.53 bits per heavy atom. The number of aliphatic hydroxyl groups excluding tert-OH is 1. The van der Waals surface area contributed by atoms with Gasteiger partial charge in [-0.3, -0.25) is 0 Å². The van der Waals surface area contributed by atoms with E-state index >= 15 is 0 Å². The van der Waals surface area contributed by atoms with Gasteiger partial charge >= 0.3 is 0 Å². The summed E-state index contributed by atoms with van der Waals surface area (Å²) < 4.78 is 18.4. The smallest absolute Gasteiger partial charge is 0.130 e. The van der Waals surface area contributed by atoms with E-state index < -0.39 is 6.10 Å². The van der Waals surface area contributed by atoms with Crippen molar-refractivity contribution in [2.75, 3.05) is 20.7 Å². The molecule has 0 radical (unpaired) electrons. The summed E-state index contributed by atoms with van der Waals surface area (Å²) in [7, 11) is 3.21. The molecule has 0 aliphatic heterocycles. The van der Waals surface area contributed by atoms with Crippen LogP contribution in [-0.2, 0) is 0 Å². The lowest BCUT2D eigenvalue weighted by atomic mass is 10.1. The molecule has 0 fully saturated rings. The SMILES string of the molecule is CNCC(O)c1cc(F)c(C)c(OC)c1. The number of nitrogens with one attached hydrogen (secondary N) is 1. The Bertz CT molecular complexity index is 342. The van der Waals surface area contributed by atoms with E-state index in [1.807, 2.05) is 0 Å². The van der Waals surface area contributed by atoms with Gasteiger partial charge in [0.15, 0.2) is 0 Å². The lowest BCUT2D eigenvalue weighted by Crippen LogP contribution is -2.17. The molecule has 2 N–H and O–H groups in total. The molecule has 0 aromatic heterocycles. The van der Waals surface area contributed by atoms with Gasteiger partial charge in [-0.05, 0) is 31.7 Å². The number of benzene rings is 1. The summed E-state index contributed by atoms with van der Waals surface area (Å²) in [6, 6.07) is 2.99. The van der Waals surface area contributed by atoms with E-state index in [0.29, 0.717) is 23.4 Å². The van der Waals surface area contributed by atoms with Crippen molar-refractivity contribution >= 4 is 0 Å². The Labute approximate surface area is 88.9 Å². The van der Waals surface area contributed by atoms with Crippen molar-refractivity contribution in [1.82, 2.24) is 5.32 Å². The number of ether oxygens (including phenoxy) is 1. The molecule has 3 nitrogen and oxygen atoms in total. The summed E-state index contributed by atoms with van der Waals surface area (Å²) in [4.78, 5) is 0. The van der Waals surface area contributed by atoms with Crippen LogP contribution < -0.4 is 10.1 Å². The summed E-state index contributed by atoms with van der Waals surface area (Å²) in [5.41, 5.74) is 0.974. The zero-order chi connectivity index (χ0) is 11.4. The van der Waals surface area contributed by atoms with Crippen LogP contribution in [0.5, 0.6) is 5.75 Å². The molecule has 0 aliphatic carbocycles. The second-order valence-corrected chi connectivity index (χ2v) is 3.40. The van der Waals surface area contributed by atoms with Gasteiger partial charge in [0, 0.05) is 12.1 Å². The molecule has 4 heteroatoms. The first-order chi connectivity index (χ1) is 7.10. The monoisotopic (exact) mass is 213 g/mol. The summed E-state index contributed by atoms with van der Waals surface area (Å²) in [5, 5.41) is 12.5. The van der Waals surface area contributed by atoms with Crippen LogP contribution in [0.15, 0.2) is 12.1 Å². The van der Waals surface area contributed by atoms with E-state index in [1.165, 1.54) is 13.2 Å². The molecule has 15 heavy (non-hydrogen) atoms. The Hall–Kier alpha value is -1.13. The molecule has 1 aromatic rings. The number of rotatable bonds is 4. The average Bonchev–Trinajstić information content (AvgIpc) is 2.22. The Morgan fingerprint density at radius 3 is 2.73 bits per heavy atom. The standard InChI is InChI=1S/C11H16FNO2/c1-7-9(12)4-8(5-11(7)15-3)10(14)6-13-2/h4-5,10,13-14H,6H2,1-3H3. The highest BCUT2D eigenvalue weighted by Gasteiger charge is 2.12. The van der Waals surface area contributed by atoms with Gasteiger partial charge in [0.25, 0.3) is 0 Å². The lowest BCUT2D eigenvalue weighted by Gasteiger charge is -2.13. The molecule has 0 aliphatic rings. The minimum atomic E-state index is -0.723. The Kier molecular flexibility index (Phi) is 4.05. The van der Waals surface area contributed by atoms with Crippen LogP contribution in [0.25, 0.3) is 0 Å². The third kappa shape index (κ3) is 2.67. The van der Waals surface area contributed by atoms with Crippen molar-refractivity contribution in [3.63, 3.8) is 0 Å². The van der Waals surface area contributed by atoms with Crippen molar-refractivity contribution < 1.29 is 14.2 Å². The van der Waals surface area contributed by atoms with E-state index in [4.69, 9.17) is 4.74 Å². The third-order valence-corrected chi connectivity index (χ3v) is 2.32. The maximum atomic E-state index is 13.4. The van der Waals surface area contributed by atoms with Crippen molar-refractivity contribution in [2.45, 2.75) is 13.0 Å². The van der Waals surface area contributed by atoms with Crippen LogP contribution in [0.3, 0.4) is 0 Å². The summed E-state index contributed by atoms with van der Waals surface area (Å²) in [5.74, 6) is 0.0969. The van der Waals surface area contributed by atoms with Gasteiger partial charge < -0.3 is 15.2 Å². The van der Waals surface area contributed by atoms with E-state index in [1.54, 1.807) is 20.0 Å². The van der Waals surface area contributed by atoms with Crippen LogP contribution in [0.4, 0.5) is 4.39 Å². The molecular formula is C11H16FNO2. The fourth-order valence-corrected chi connectivity index (χ4v) is 1.39. The Balaban J connectivity index is 3.05. The molecule has 0 heterocycles. The molecule has 0 saturated heterocycles. The molecule has 1 rings (SSSR count). The number of aliphatic hydroxyl groups is 1. The molecule has 0 amide bonds.